The van der Waals surface area contributed by atoms with Gasteiger partial charge in [-0.05, 0) is 5.56 Å². The number of thiazole rings is 1. The van der Waals surface area contributed by atoms with Crippen LogP contribution in [0.5, 0.6) is 0 Å². The van der Waals surface area contributed by atoms with E-state index >= 15 is 0 Å². The van der Waals surface area contributed by atoms with Gasteiger partial charge in [-0.1, -0.05) is 41.7 Å². The number of aromatic nitrogens is 3. The minimum atomic E-state index is 0.577. The zero-order valence-corrected chi connectivity index (χ0v) is 10.7. The van der Waals surface area contributed by atoms with Gasteiger partial charge in [0.05, 0.1) is 16.8 Å². The van der Waals surface area contributed by atoms with Crippen molar-refractivity contribution in [3.05, 3.63) is 42.7 Å². The van der Waals surface area contributed by atoms with Crippen molar-refractivity contribution in [3.63, 3.8) is 0 Å². The molecule has 18 heavy (non-hydrogen) atoms. The Labute approximate surface area is 109 Å². The van der Waals surface area contributed by atoms with Crippen LogP contribution in [0.3, 0.4) is 0 Å². The van der Waals surface area contributed by atoms with E-state index in [1.54, 1.807) is 10.9 Å². The summed E-state index contributed by atoms with van der Waals surface area (Å²) in [6, 6.07) is 10.1. The van der Waals surface area contributed by atoms with Gasteiger partial charge in [0.2, 0.25) is 0 Å². The third kappa shape index (κ3) is 1.89. The lowest BCUT2D eigenvalue weighted by Gasteiger charge is -1.99. The van der Waals surface area contributed by atoms with E-state index in [0.717, 1.165) is 21.7 Å². The second-order valence-corrected chi connectivity index (χ2v) is 5.03. The van der Waals surface area contributed by atoms with Gasteiger partial charge in [0.15, 0.2) is 5.13 Å². The number of aryl methyl sites for hydroxylation is 1. The molecule has 3 aromatic rings. The summed E-state index contributed by atoms with van der Waals surface area (Å²) >= 11 is 1.50. The minimum Gasteiger partial charge on any atom is -0.375 e. The number of nitrogens with zero attached hydrogens (tertiary/aromatic N) is 3. The number of nitrogens with two attached hydrogens (primary N) is 1. The van der Waals surface area contributed by atoms with E-state index in [-0.39, 0.29) is 0 Å². The van der Waals surface area contributed by atoms with Crippen LogP contribution in [0, 0.1) is 0 Å². The molecule has 2 aromatic heterocycles. The average Bonchev–Trinajstić information content (AvgIpc) is 2.96. The van der Waals surface area contributed by atoms with Crippen molar-refractivity contribution in [2.45, 2.75) is 0 Å². The van der Waals surface area contributed by atoms with Crippen LogP contribution in [0.1, 0.15) is 0 Å². The normalized spacial score (nSPS) is 10.7. The molecule has 0 saturated carbocycles. The maximum Gasteiger partial charge on any atom is 0.181 e. The summed E-state index contributed by atoms with van der Waals surface area (Å²) in [7, 11) is 1.89. The molecule has 0 amide bonds. The molecular formula is C13H12N4S. The molecule has 2 N–H and O–H groups in total. The molecule has 90 valence electrons. The highest BCUT2D eigenvalue weighted by molar-refractivity contribution is 7.19. The van der Waals surface area contributed by atoms with Crippen LogP contribution in [0.15, 0.2) is 42.7 Å². The van der Waals surface area contributed by atoms with E-state index in [1.165, 1.54) is 11.3 Å². The molecule has 0 unspecified atom stereocenters. The predicted octanol–water partition coefficient (Wildman–Crippen LogP) is 2.79. The Hall–Kier alpha value is -2.14. The van der Waals surface area contributed by atoms with Gasteiger partial charge in [-0.15, -0.1) is 0 Å². The molecule has 0 radical (unpaired) electrons. The van der Waals surface area contributed by atoms with Crippen molar-refractivity contribution in [2.75, 3.05) is 5.73 Å². The van der Waals surface area contributed by atoms with Crippen LogP contribution in [-0.4, -0.2) is 14.8 Å². The topological polar surface area (TPSA) is 56.7 Å². The summed E-state index contributed by atoms with van der Waals surface area (Å²) in [6.45, 7) is 0. The van der Waals surface area contributed by atoms with Crippen molar-refractivity contribution in [3.8, 4) is 21.7 Å². The van der Waals surface area contributed by atoms with Crippen molar-refractivity contribution in [1.29, 1.82) is 0 Å². The zero-order chi connectivity index (χ0) is 12.5. The zero-order valence-electron chi connectivity index (χ0n) is 9.87. The first-order valence-corrected chi connectivity index (χ1v) is 6.36. The molecule has 0 aliphatic rings. The largest absolute Gasteiger partial charge is 0.375 e. The number of hydrogen-bond acceptors (Lipinski definition) is 4. The Bertz CT molecular complexity index is 669. The van der Waals surface area contributed by atoms with Gasteiger partial charge in [-0.25, -0.2) is 4.98 Å². The maximum atomic E-state index is 5.84. The number of nitrogen functional groups attached to an aromatic ring is 1. The highest BCUT2D eigenvalue weighted by Gasteiger charge is 2.14. The van der Waals surface area contributed by atoms with Gasteiger partial charge in [0.25, 0.3) is 0 Å². The molecule has 0 aliphatic carbocycles. The molecule has 0 bridgehead atoms. The first kappa shape index (κ1) is 11.0. The van der Waals surface area contributed by atoms with Crippen LogP contribution in [-0.2, 0) is 7.05 Å². The van der Waals surface area contributed by atoms with Gasteiger partial charge in [-0.3, -0.25) is 4.68 Å². The van der Waals surface area contributed by atoms with Crippen molar-refractivity contribution >= 4 is 16.5 Å². The maximum absolute atomic E-state index is 5.84. The first-order valence-electron chi connectivity index (χ1n) is 5.55. The predicted molar refractivity (Wildman–Crippen MR) is 74.2 cm³/mol. The molecule has 2 heterocycles. The molecule has 5 heteroatoms. The molecule has 4 nitrogen and oxygen atoms in total. The molecule has 0 fully saturated rings. The van der Waals surface area contributed by atoms with Crippen LogP contribution >= 0.6 is 11.3 Å². The first-order chi connectivity index (χ1) is 8.74. The average molecular weight is 256 g/mol. The van der Waals surface area contributed by atoms with Gasteiger partial charge in [0, 0.05) is 18.8 Å². The van der Waals surface area contributed by atoms with Crippen LogP contribution in [0.4, 0.5) is 5.13 Å². The molecule has 3 rings (SSSR count). The summed E-state index contributed by atoms with van der Waals surface area (Å²) < 4.78 is 1.76. The number of anilines is 1. The lowest BCUT2D eigenvalue weighted by molar-refractivity contribution is 0.768. The van der Waals surface area contributed by atoms with Gasteiger partial charge < -0.3 is 5.73 Å². The van der Waals surface area contributed by atoms with Crippen LogP contribution in [0.2, 0.25) is 0 Å². The van der Waals surface area contributed by atoms with E-state index < -0.39 is 0 Å². The standard InChI is InChI=1S/C13H12N4S/c1-17-8-10(7-15-17)11-12(18-13(14)16-11)9-5-3-2-4-6-9/h2-8H,1H3,(H2,14,16). The fourth-order valence-corrected chi connectivity index (χ4v) is 2.72. The van der Waals surface area contributed by atoms with Crippen molar-refractivity contribution < 1.29 is 0 Å². The number of hydrogen-bond donors (Lipinski definition) is 1. The van der Waals surface area contributed by atoms with E-state index in [4.69, 9.17) is 5.73 Å². The Morgan fingerprint density at radius 1 is 1.17 bits per heavy atom. The smallest absolute Gasteiger partial charge is 0.181 e. The van der Waals surface area contributed by atoms with Crippen molar-refractivity contribution in [2.24, 2.45) is 7.05 Å². The molecule has 1 aromatic carbocycles. The highest BCUT2D eigenvalue weighted by atomic mass is 32.1. The Morgan fingerprint density at radius 3 is 2.61 bits per heavy atom. The highest BCUT2D eigenvalue weighted by Crippen LogP contribution is 2.37. The Kier molecular flexibility index (Phi) is 2.60. The minimum absolute atomic E-state index is 0.577. The lowest BCUT2D eigenvalue weighted by Crippen LogP contribution is -1.85. The summed E-state index contributed by atoms with van der Waals surface area (Å²) in [6.07, 6.45) is 3.75. The molecule has 0 spiro atoms. The van der Waals surface area contributed by atoms with Crippen LogP contribution < -0.4 is 5.73 Å². The van der Waals surface area contributed by atoms with Gasteiger partial charge >= 0.3 is 0 Å². The fraction of sp³-hybridized carbons (Fsp3) is 0.0769. The van der Waals surface area contributed by atoms with Crippen molar-refractivity contribution in [1.82, 2.24) is 14.8 Å². The summed E-state index contributed by atoms with van der Waals surface area (Å²) in [4.78, 5) is 5.50. The quantitative estimate of drug-likeness (QED) is 0.767. The van der Waals surface area contributed by atoms with E-state index in [2.05, 4.69) is 22.2 Å². The third-order valence-electron chi connectivity index (χ3n) is 2.66. The molecule has 0 saturated heterocycles. The summed E-state index contributed by atoms with van der Waals surface area (Å²) in [5.74, 6) is 0. The van der Waals surface area contributed by atoms with E-state index in [9.17, 15) is 0 Å². The molecule has 0 atom stereocenters. The number of rotatable bonds is 2. The molecular weight excluding hydrogens is 244 g/mol. The third-order valence-corrected chi connectivity index (χ3v) is 3.59. The summed E-state index contributed by atoms with van der Waals surface area (Å²) in [5.41, 5.74) is 8.86. The molecule has 0 aliphatic heterocycles. The second kappa shape index (κ2) is 4.27. The van der Waals surface area contributed by atoms with Gasteiger partial charge in [0.1, 0.15) is 0 Å². The SMILES string of the molecule is Cn1cc(-c2nc(N)sc2-c2ccccc2)cn1. The Morgan fingerprint density at radius 2 is 1.94 bits per heavy atom. The van der Waals surface area contributed by atoms with E-state index in [0.29, 0.717) is 5.13 Å². The second-order valence-electron chi connectivity index (χ2n) is 4.00. The fourth-order valence-electron chi connectivity index (χ4n) is 1.86. The lowest BCUT2D eigenvalue weighted by atomic mass is 10.1. The monoisotopic (exact) mass is 256 g/mol. The summed E-state index contributed by atoms with van der Waals surface area (Å²) in [5, 5.41) is 4.75. The van der Waals surface area contributed by atoms with E-state index in [1.807, 2.05) is 31.4 Å². The van der Waals surface area contributed by atoms with Crippen LogP contribution in [0.25, 0.3) is 21.7 Å². The van der Waals surface area contributed by atoms with Gasteiger partial charge in [-0.2, -0.15) is 5.10 Å². The number of benzene rings is 1. The Balaban J connectivity index is 2.16.